The minimum Gasteiger partial charge on any atom is -0.336 e. The molecule has 0 atom stereocenters. The molecule has 6 aromatic carbocycles. The first-order valence-electron chi connectivity index (χ1n) is 16.6. The Labute approximate surface area is 278 Å². The van der Waals surface area contributed by atoms with Gasteiger partial charge in [-0.05, 0) is 72.5 Å². The Balaban J connectivity index is 0.000000508. The van der Waals surface area contributed by atoms with E-state index in [1.807, 2.05) is 32.9 Å². The molecule has 0 radical (unpaired) electrons. The summed E-state index contributed by atoms with van der Waals surface area (Å²) in [5.41, 5.74) is 10.3. The zero-order chi connectivity index (χ0) is 32.6. The minimum absolute atomic E-state index is 0.853. The van der Waals surface area contributed by atoms with Gasteiger partial charge in [-0.15, -0.1) is 0 Å². The summed E-state index contributed by atoms with van der Waals surface area (Å²) in [4.78, 5) is 0. The monoisotopic (exact) mass is 610 g/mol. The molecule has 2 aromatic heterocycles. The van der Waals surface area contributed by atoms with Crippen molar-refractivity contribution in [2.75, 3.05) is 0 Å². The molecule has 0 saturated carbocycles. The lowest BCUT2D eigenvalue weighted by Crippen LogP contribution is -2.00. The van der Waals surface area contributed by atoms with Gasteiger partial charge in [0.05, 0.1) is 11.0 Å². The van der Waals surface area contributed by atoms with Gasteiger partial charge < -0.3 is 9.13 Å². The quantitative estimate of drug-likeness (QED) is 0.166. The highest BCUT2D eigenvalue weighted by Gasteiger charge is 2.13. The molecule has 0 N–H and O–H groups in total. The number of aromatic nitrogens is 2. The summed E-state index contributed by atoms with van der Waals surface area (Å²) in [7, 11) is 0. The highest BCUT2D eigenvalue weighted by Crippen LogP contribution is 2.33. The Kier molecular flexibility index (Phi) is 9.79. The SMILES string of the molecule is C=C/C=C\C.CC.c1ccc(-n2c3ccccc3c3cc(Cc4cccc(Cn5c6ccccc6c6ccccc65)c4)ccc32)cc1. The summed E-state index contributed by atoms with van der Waals surface area (Å²) in [6, 6.07) is 52.9. The summed E-state index contributed by atoms with van der Waals surface area (Å²) >= 11 is 0. The molecule has 0 saturated heterocycles. The molecule has 0 amide bonds. The molecule has 232 valence electrons. The maximum atomic E-state index is 3.46. The van der Waals surface area contributed by atoms with Crippen molar-refractivity contribution in [2.24, 2.45) is 0 Å². The number of allylic oxidation sites excluding steroid dienone is 3. The van der Waals surface area contributed by atoms with Crippen LogP contribution in [0.2, 0.25) is 0 Å². The molecule has 2 heteroatoms. The predicted octanol–water partition coefficient (Wildman–Crippen LogP) is 12.3. The molecule has 0 unspecified atom stereocenters. The topological polar surface area (TPSA) is 9.86 Å². The number of para-hydroxylation sites is 4. The number of fused-ring (bicyclic) bond motifs is 6. The van der Waals surface area contributed by atoms with Crippen LogP contribution in [0.1, 0.15) is 37.5 Å². The van der Waals surface area contributed by atoms with Gasteiger partial charge in [-0.1, -0.05) is 142 Å². The van der Waals surface area contributed by atoms with Crippen LogP contribution in [0.4, 0.5) is 0 Å². The molecule has 0 fully saturated rings. The van der Waals surface area contributed by atoms with Crippen molar-refractivity contribution in [3.63, 3.8) is 0 Å². The fourth-order valence-corrected chi connectivity index (χ4v) is 6.55. The van der Waals surface area contributed by atoms with Crippen LogP contribution in [-0.2, 0) is 13.0 Å². The van der Waals surface area contributed by atoms with Gasteiger partial charge in [-0.25, -0.2) is 0 Å². The van der Waals surface area contributed by atoms with E-state index in [2.05, 4.69) is 161 Å². The molecule has 2 nitrogen and oxygen atoms in total. The lowest BCUT2D eigenvalue weighted by Gasteiger charge is -2.10. The van der Waals surface area contributed by atoms with Gasteiger partial charge in [0.25, 0.3) is 0 Å². The van der Waals surface area contributed by atoms with Crippen LogP contribution in [0.3, 0.4) is 0 Å². The standard InChI is InChI=1S/C38H28N2.C5H8.C2H6/c1-2-13-30(14-3-1)40-37-20-9-6-17-33(37)34-25-28(21-22-38(34)40)23-27-11-10-12-29(24-27)26-39-35-18-7-4-15-31(35)32-16-5-8-19-36(32)39;1-3-5-4-2;1-2/h1-22,24-25H,23,26H2;3-5H,1H2,2H3;1-2H3/b;5-4-;. The highest BCUT2D eigenvalue weighted by atomic mass is 15.0. The number of hydrogen-bond acceptors (Lipinski definition) is 0. The van der Waals surface area contributed by atoms with Gasteiger partial charge >= 0.3 is 0 Å². The molecule has 0 aliphatic carbocycles. The molecule has 2 heterocycles. The van der Waals surface area contributed by atoms with Gasteiger partial charge in [-0.3, -0.25) is 0 Å². The molecular formula is C45H42N2. The minimum atomic E-state index is 0.853. The third-order valence-corrected chi connectivity index (χ3v) is 8.50. The van der Waals surface area contributed by atoms with E-state index in [0.717, 1.165) is 13.0 Å². The molecular weight excluding hydrogens is 569 g/mol. The van der Waals surface area contributed by atoms with Gasteiger partial charge in [0.1, 0.15) is 0 Å². The fourth-order valence-electron chi connectivity index (χ4n) is 6.55. The Morgan fingerprint density at radius 1 is 0.511 bits per heavy atom. The van der Waals surface area contributed by atoms with Crippen LogP contribution >= 0.6 is 0 Å². The largest absolute Gasteiger partial charge is 0.336 e. The van der Waals surface area contributed by atoms with Gasteiger partial charge in [-0.2, -0.15) is 0 Å². The second-order valence-corrected chi connectivity index (χ2v) is 11.4. The smallest absolute Gasteiger partial charge is 0.0541 e. The first-order valence-corrected chi connectivity index (χ1v) is 16.6. The molecule has 0 aliphatic rings. The zero-order valence-electron chi connectivity index (χ0n) is 27.6. The predicted molar refractivity (Wildman–Crippen MR) is 205 cm³/mol. The first-order chi connectivity index (χ1) is 23.2. The lowest BCUT2D eigenvalue weighted by atomic mass is 10.0. The molecule has 0 bridgehead atoms. The first kappa shape index (κ1) is 31.4. The molecule has 0 spiro atoms. The highest BCUT2D eigenvalue weighted by molar-refractivity contribution is 6.10. The van der Waals surface area contributed by atoms with E-state index in [1.54, 1.807) is 6.08 Å². The van der Waals surface area contributed by atoms with E-state index in [-0.39, 0.29) is 0 Å². The van der Waals surface area contributed by atoms with E-state index >= 15 is 0 Å². The van der Waals surface area contributed by atoms with Crippen molar-refractivity contribution in [3.05, 3.63) is 187 Å². The Bertz CT molecular complexity index is 2240. The average Bonchev–Trinajstić information content (AvgIpc) is 3.63. The van der Waals surface area contributed by atoms with Crippen molar-refractivity contribution in [1.29, 1.82) is 0 Å². The van der Waals surface area contributed by atoms with E-state index in [1.165, 1.54) is 66.0 Å². The summed E-state index contributed by atoms with van der Waals surface area (Å²) in [5, 5.41) is 5.23. The van der Waals surface area contributed by atoms with E-state index < -0.39 is 0 Å². The van der Waals surface area contributed by atoms with Crippen LogP contribution in [-0.4, -0.2) is 9.13 Å². The number of hydrogen-bond donors (Lipinski definition) is 0. The Hall–Kier alpha value is -5.60. The van der Waals surface area contributed by atoms with Gasteiger partial charge in [0, 0.05) is 44.8 Å². The Morgan fingerprint density at radius 3 is 1.66 bits per heavy atom. The summed E-state index contributed by atoms with van der Waals surface area (Å²) in [5.74, 6) is 0. The van der Waals surface area contributed by atoms with E-state index in [4.69, 9.17) is 0 Å². The van der Waals surface area contributed by atoms with Crippen LogP contribution in [0, 0.1) is 0 Å². The summed E-state index contributed by atoms with van der Waals surface area (Å²) in [6.07, 6.45) is 6.48. The number of benzene rings is 6. The molecule has 0 aliphatic heterocycles. The number of rotatable bonds is 6. The zero-order valence-corrected chi connectivity index (χ0v) is 27.6. The van der Waals surface area contributed by atoms with Crippen molar-refractivity contribution in [3.8, 4) is 5.69 Å². The third-order valence-electron chi connectivity index (χ3n) is 8.50. The van der Waals surface area contributed by atoms with Crippen LogP contribution in [0.5, 0.6) is 0 Å². The Morgan fingerprint density at radius 2 is 1.04 bits per heavy atom. The van der Waals surface area contributed by atoms with Crippen molar-refractivity contribution >= 4 is 43.6 Å². The molecule has 8 rings (SSSR count). The van der Waals surface area contributed by atoms with Crippen molar-refractivity contribution in [2.45, 2.75) is 33.7 Å². The van der Waals surface area contributed by atoms with Crippen LogP contribution in [0.15, 0.2) is 170 Å². The second kappa shape index (κ2) is 14.7. The maximum Gasteiger partial charge on any atom is 0.0541 e. The normalized spacial score (nSPS) is 11.0. The van der Waals surface area contributed by atoms with Crippen molar-refractivity contribution < 1.29 is 0 Å². The third kappa shape index (κ3) is 6.41. The summed E-state index contributed by atoms with van der Waals surface area (Å²) in [6.45, 7) is 10.3. The van der Waals surface area contributed by atoms with Crippen LogP contribution < -0.4 is 0 Å². The average molecular weight is 611 g/mol. The van der Waals surface area contributed by atoms with Gasteiger partial charge in [0.15, 0.2) is 0 Å². The maximum absolute atomic E-state index is 3.46. The summed E-state index contributed by atoms with van der Waals surface area (Å²) < 4.78 is 4.83. The number of nitrogens with zero attached hydrogens (tertiary/aromatic N) is 2. The van der Waals surface area contributed by atoms with Crippen molar-refractivity contribution in [1.82, 2.24) is 9.13 Å². The second-order valence-electron chi connectivity index (χ2n) is 11.4. The molecule has 47 heavy (non-hydrogen) atoms. The van der Waals surface area contributed by atoms with E-state index in [9.17, 15) is 0 Å². The fraction of sp³-hybridized carbons (Fsp3) is 0.111. The van der Waals surface area contributed by atoms with Crippen LogP contribution in [0.25, 0.3) is 49.3 Å². The van der Waals surface area contributed by atoms with Gasteiger partial charge in [0.2, 0.25) is 0 Å². The lowest BCUT2D eigenvalue weighted by molar-refractivity contribution is 0.866. The van der Waals surface area contributed by atoms with E-state index in [0.29, 0.717) is 0 Å². The molecule has 8 aromatic rings.